The second kappa shape index (κ2) is 6.24. The summed E-state index contributed by atoms with van der Waals surface area (Å²) >= 11 is 0. The second-order valence-corrected chi connectivity index (χ2v) is 5.82. The van der Waals surface area contributed by atoms with Gasteiger partial charge >= 0.3 is 0 Å². The van der Waals surface area contributed by atoms with Crippen LogP contribution >= 0.6 is 0 Å². The number of nitrogens with zero attached hydrogens (tertiary/aromatic N) is 3. The van der Waals surface area contributed by atoms with E-state index in [-0.39, 0.29) is 5.91 Å². The van der Waals surface area contributed by atoms with Gasteiger partial charge in [0.2, 0.25) is 0 Å². The number of nitrogens with one attached hydrogen (secondary N) is 2. The highest BCUT2D eigenvalue weighted by molar-refractivity contribution is 6.06. The zero-order valence-corrected chi connectivity index (χ0v) is 13.7. The van der Waals surface area contributed by atoms with Crippen molar-refractivity contribution in [3.05, 3.63) is 72.3 Å². The van der Waals surface area contributed by atoms with E-state index in [1.54, 1.807) is 23.3 Å². The molecular formula is C19H17N5O. The van der Waals surface area contributed by atoms with Gasteiger partial charge in [0.15, 0.2) is 0 Å². The summed E-state index contributed by atoms with van der Waals surface area (Å²) in [4.78, 5) is 19.7. The van der Waals surface area contributed by atoms with Gasteiger partial charge in [-0.05, 0) is 24.3 Å². The molecule has 0 saturated carbocycles. The van der Waals surface area contributed by atoms with Crippen LogP contribution in [0.25, 0.3) is 22.2 Å². The van der Waals surface area contributed by atoms with Crippen molar-refractivity contribution < 1.29 is 4.79 Å². The number of para-hydroxylation sites is 1. The maximum Gasteiger partial charge on any atom is 0.253 e. The van der Waals surface area contributed by atoms with Crippen molar-refractivity contribution in [3.63, 3.8) is 0 Å². The highest BCUT2D eigenvalue weighted by Gasteiger charge is 2.13. The average Bonchev–Trinajstić information content (AvgIpc) is 3.24. The first-order valence-electron chi connectivity index (χ1n) is 8.00. The Balaban J connectivity index is 1.52. The third-order valence-corrected chi connectivity index (χ3v) is 4.20. The first-order valence-corrected chi connectivity index (χ1v) is 8.00. The van der Waals surface area contributed by atoms with Crippen LogP contribution in [0.4, 0.5) is 0 Å². The standard InChI is InChI=1S/C19H17N5O/c1-24-14(9-18(23-24)13-5-4-8-20-10-13)11-22-19(25)16-12-21-17-7-3-2-6-15(16)17/h2-10,12,21H,11H2,1H3,(H,22,25). The second-order valence-electron chi connectivity index (χ2n) is 5.82. The number of amides is 1. The van der Waals surface area contributed by atoms with Gasteiger partial charge in [0, 0.05) is 42.1 Å². The zero-order chi connectivity index (χ0) is 17.2. The molecule has 0 saturated heterocycles. The summed E-state index contributed by atoms with van der Waals surface area (Å²) in [6, 6.07) is 13.6. The fourth-order valence-corrected chi connectivity index (χ4v) is 2.85. The first-order chi connectivity index (χ1) is 12.2. The number of carbonyl (C=O) groups is 1. The maximum absolute atomic E-state index is 12.5. The molecular weight excluding hydrogens is 314 g/mol. The summed E-state index contributed by atoms with van der Waals surface area (Å²) in [5, 5.41) is 8.37. The molecule has 1 aromatic carbocycles. The molecule has 3 heterocycles. The van der Waals surface area contributed by atoms with Crippen LogP contribution in [-0.2, 0) is 13.6 Å². The van der Waals surface area contributed by atoms with Crippen molar-refractivity contribution in [2.24, 2.45) is 7.05 Å². The Morgan fingerprint density at radius 2 is 2.12 bits per heavy atom. The maximum atomic E-state index is 12.5. The third kappa shape index (κ3) is 2.89. The number of aryl methyl sites for hydroxylation is 1. The van der Waals surface area contributed by atoms with Gasteiger partial charge in [0.1, 0.15) is 0 Å². The van der Waals surface area contributed by atoms with Crippen LogP contribution in [0, 0.1) is 0 Å². The lowest BCUT2D eigenvalue weighted by molar-refractivity contribution is 0.0951. The third-order valence-electron chi connectivity index (χ3n) is 4.20. The van der Waals surface area contributed by atoms with E-state index < -0.39 is 0 Å². The molecule has 0 fully saturated rings. The predicted molar refractivity (Wildman–Crippen MR) is 95.9 cm³/mol. The van der Waals surface area contributed by atoms with Gasteiger partial charge in [-0.3, -0.25) is 14.5 Å². The Morgan fingerprint density at radius 1 is 1.24 bits per heavy atom. The van der Waals surface area contributed by atoms with Gasteiger partial charge in [-0.25, -0.2) is 0 Å². The molecule has 0 aliphatic heterocycles. The van der Waals surface area contributed by atoms with E-state index >= 15 is 0 Å². The summed E-state index contributed by atoms with van der Waals surface area (Å²) in [5.41, 5.74) is 4.31. The molecule has 0 aliphatic carbocycles. The van der Waals surface area contributed by atoms with Crippen molar-refractivity contribution in [1.82, 2.24) is 25.1 Å². The number of pyridine rings is 1. The molecule has 4 rings (SSSR count). The van der Waals surface area contributed by atoms with Gasteiger partial charge in [-0.2, -0.15) is 5.10 Å². The number of rotatable bonds is 4. The van der Waals surface area contributed by atoms with E-state index in [1.165, 1.54) is 0 Å². The number of benzene rings is 1. The normalized spacial score (nSPS) is 10.9. The Morgan fingerprint density at radius 3 is 2.96 bits per heavy atom. The zero-order valence-electron chi connectivity index (χ0n) is 13.7. The Hall–Kier alpha value is -3.41. The average molecular weight is 331 g/mol. The summed E-state index contributed by atoms with van der Waals surface area (Å²) < 4.78 is 1.78. The van der Waals surface area contributed by atoms with Crippen molar-refractivity contribution in [2.45, 2.75) is 6.54 Å². The van der Waals surface area contributed by atoms with Crippen LogP contribution in [0.15, 0.2) is 61.1 Å². The van der Waals surface area contributed by atoms with Crippen molar-refractivity contribution in [3.8, 4) is 11.3 Å². The van der Waals surface area contributed by atoms with E-state index in [0.717, 1.165) is 27.9 Å². The van der Waals surface area contributed by atoms with Crippen molar-refractivity contribution in [1.29, 1.82) is 0 Å². The van der Waals surface area contributed by atoms with Gasteiger partial charge in [0.05, 0.1) is 23.5 Å². The number of aromatic nitrogens is 4. The lowest BCUT2D eigenvalue weighted by Gasteiger charge is -2.04. The molecule has 0 radical (unpaired) electrons. The quantitative estimate of drug-likeness (QED) is 0.604. The van der Waals surface area contributed by atoms with Gasteiger partial charge in [-0.15, -0.1) is 0 Å². The van der Waals surface area contributed by atoms with Gasteiger partial charge in [-0.1, -0.05) is 18.2 Å². The SMILES string of the molecule is Cn1nc(-c2cccnc2)cc1CNC(=O)c1c[nH]c2ccccc12. The molecule has 0 spiro atoms. The largest absolute Gasteiger partial charge is 0.360 e. The Bertz CT molecular complexity index is 1030. The predicted octanol–water partition coefficient (Wildman–Crippen LogP) is 2.89. The van der Waals surface area contributed by atoms with Crippen LogP contribution in [-0.4, -0.2) is 25.7 Å². The molecule has 1 amide bonds. The Labute approximate surface area is 144 Å². The van der Waals surface area contributed by atoms with E-state index in [4.69, 9.17) is 0 Å². The van der Waals surface area contributed by atoms with E-state index in [2.05, 4.69) is 20.4 Å². The highest BCUT2D eigenvalue weighted by atomic mass is 16.1. The van der Waals surface area contributed by atoms with Crippen molar-refractivity contribution in [2.75, 3.05) is 0 Å². The number of fused-ring (bicyclic) bond motifs is 1. The number of hydrogen-bond acceptors (Lipinski definition) is 3. The van der Waals surface area contributed by atoms with Crippen LogP contribution < -0.4 is 5.32 Å². The first kappa shape index (κ1) is 15.1. The lowest BCUT2D eigenvalue weighted by atomic mass is 10.1. The molecule has 2 N–H and O–H groups in total. The van der Waals surface area contributed by atoms with Gasteiger partial charge in [0.25, 0.3) is 5.91 Å². The molecule has 0 bridgehead atoms. The molecule has 4 aromatic rings. The van der Waals surface area contributed by atoms with E-state index in [1.807, 2.05) is 49.5 Å². The number of H-pyrrole nitrogens is 1. The van der Waals surface area contributed by atoms with Crippen LogP contribution in [0.1, 0.15) is 16.1 Å². The van der Waals surface area contributed by atoms with Gasteiger partial charge < -0.3 is 10.3 Å². The number of carbonyl (C=O) groups excluding carboxylic acids is 1. The van der Waals surface area contributed by atoms with Crippen molar-refractivity contribution >= 4 is 16.8 Å². The molecule has 0 atom stereocenters. The number of hydrogen-bond donors (Lipinski definition) is 2. The fraction of sp³-hybridized carbons (Fsp3) is 0.105. The van der Waals surface area contributed by atoms with Crippen LogP contribution in [0.2, 0.25) is 0 Å². The smallest absolute Gasteiger partial charge is 0.253 e. The molecule has 3 aromatic heterocycles. The molecule has 0 unspecified atom stereocenters. The summed E-state index contributed by atoms with van der Waals surface area (Å²) in [6.45, 7) is 0.405. The molecule has 124 valence electrons. The summed E-state index contributed by atoms with van der Waals surface area (Å²) in [5.74, 6) is -0.110. The fourth-order valence-electron chi connectivity index (χ4n) is 2.85. The van der Waals surface area contributed by atoms with Crippen LogP contribution in [0.5, 0.6) is 0 Å². The molecule has 6 heteroatoms. The molecule has 6 nitrogen and oxygen atoms in total. The topological polar surface area (TPSA) is 75.6 Å². The minimum atomic E-state index is -0.110. The lowest BCUT2D eigenvalue weighted by Crippen LogP contribution is -2.23. The summed E-state index contributed by atoms with van der Waals surface area (Å²) in [7, 11) is 1.87. The van der Waals surface area contributed by atoms with Crippen LogP contribution in [0.3, 0.4) is 0 Å². The van der Waals surface area contributed by atoms with E-state index in [9.17, 15) is 4.79 Å². The molecule has 0 aliphatic rings. The molecule has 25 heavy (non-hydrogen) atoms. The van der Waals surface area contributed by atoms with E-state index in [0.29, 0.717) is 12.1 Å². The summed E-state index contributed by atoms with van der Waals surface area (Å²) in [6.07, 6.45) is 5.25. The Kier molecular flexibility index (Phi) is 3.78. The minimum absolute atomic E-state index is 0.110. The number of aromatic amines is 1. The minimum Gasteiger partial charge on any atom is -0.360 e. The highest BCUT2D eigenvalue weighted by Crippen LogP contribution is 2.19. The monoisotopic (exact) mass is 331 g/mol.